The first-order valence-electron chi connectivity index (χ1n) is 11.2. The quantitative estimate of drug-likeness (QED) is 0.592. The van der Waals surface area contributed by atoms with Gasteiger partial charge in [-0.05, 0) is 81.2 Å². The third kappa shape index (κ3) is 4.43. The van der Waals surface area contributed by atoms with Crippen LogP contribution < -0.4 is 5.32 Å². The molecule has 1 heterocycles. The van der Waals surface area contributed by atoms with E-state index in [0.29, 0.717) is 11.8 Å². The summed E-state index contributed by atoms with van der Waals surface area (Å²) in [6, 6.07) is 6.83. The minimum Gasteiger partial charge on any atom is -0.371 e. The summed E-state index contributed by atoms with van der Waals surface area (Å²) in [7, 11) is 0. The summed E-state index contributed by atoms with van der Waals surface area (Å²) < 4.78 is 0. The molecule has 0 fully saturated rings. The van der Waals surface area contributed by atoms with Gasteiger partial charge in [-0.1, -0.05) is 66.5 Å². The van der Waals surface area contributed by atoms with Gasteiger partial charge in [-0.2, -0.15) is 0 Å². The summed E-state index contributed by atoms with van der Waals surface area (Å²) in [4.78, 5) is 5.06. The van der Waals surface area contributed by atoms with Crippen LogP contribution >= 0.6 is 0 Å². The number of nitrogens with zero attached hydrogens (tertiary/aromatic N) is 1. The highest BCUT2D eigenvalue weighted by atomic mass is 15.0. The zero-order valence-electron chi connectivity index (χ0n) is 19.2. The molecule has 1 aromatic carbocycles. The molecule has 30 heavy (non-hydrogen) atoms. The van der Waals surface area contributed by atoms with Crippen LogP contribution in [0.25, 0.3) is 5.70 Å². The molecule has 0 bridgehead atoms. The summed E-state index contributed by atoms with van der Waals surface area (Å²) in [6.45, 7) is 13.4. The van der Waals surface area contributed by atoms with Gasteiger partial charge in [0.25, 0.3) is 0 Å². The highest BCUT2D eigenvalue weighted by molar-refractivity contribution is 6.10. The summed E-state index contributed by atoms with van der Waals surface area (Å²) in [5.41, 5.74) is 11.6. The normalized spacial score (nSPS) is 26.5. The molecule has 3 atom stereocenters. The van der Waals surface area contributed by atoms with Gasteiger partial charge in [0, 0.05) is 0 Å². The second-order valence-corrected chi connectivity index (χ2v) is 9.62. The van der Waals surface area contributed by atoms with E-state index < -0.39 is 0 Å². The van der Waals surface area contributed by atoms with Crippen molar-refractivity contribution in [2.45, 2.75) is 60.4 Å². The van der Waals surface area contributed by atoms with E-state index in [0.717, 1.165) is 24.3 Å². The fourth-order valence-electron chi connectivity index (χ4n) is 5.15. The summed E-state index contributed by atoms with van der Waals surface area (Å²) >= 11 is 0. The van der Waals surface area contributed by atoms with E-state index >= 15 is 0 Å². The smallest absolute Gasteiger partial charge is 0.0909 e. The monoisotopic (exact) mass is 398 g/mol. The van der Waals surface area contributed by atoms with Crippen molar-refractivity contribution < 1.29 is 0 Å². The molecule has 3 aliphatic rings. The molecule has 1 aliphatic heterocycles. The molecule has 2 heteroatoms. The number of hydrogen-bond acceptors (Lipinski definition) is 2. The van der Waals surface area contributed by atoms with Crippen LogP contribution in [0.4, 0.5) is 0 Å². The minimum absolute atomic E-state index is 0.109. The van der Waals surface area contributed by atoms with Gasteiger partial charge in [0.1, 0.15) is 0 Å². The number of nitrogens with one attached hydrogen (secondary N) is 1. The molecule has 0 spiro atoms. The molecule has 4 rings (SSSR count). The minimum atomic E-state index is 0.109. The first-order valence-corrected chi connectivity index (χ1v) is 11.2. The molecule has 0 aromatic heterocycles. The molecule has 0 saturated carbocycles. The molecule has 1 N–H and O–H groups in total. The van der Waals surface area contributed by atoms with E-state index in [4.69, 9.17) is 4.99 Å². The molecule has 156 valence electrons. The van der Waals surface area contributed by atoms with Crippen LogP contribution in [0.1, 0.15) is 57.2 Å². The van der Waals surface area contributed by atoms with Gasteiger partial charge in [-0.15, -0.1) is 0 Å². The Bertz CT molecular complexity index is 1020. The second-order valence-electron chi connectivity index (χ2n) is 9.62. The Morgan fingerprint density at radius 1 is 0.867 bits per heavy atom. The van der Waals surface area contributed by atoms with E-state index in [-0.39, 0.29) is 6.04 Å². The van der Waals surface area contributed by atoms with Crippen molar-refractivity contribution in [2.75, 3.05) is 0 Å². The number of hydrogen-bond donors (Lipinski definition) is 1. The predicted octanol–water partition coefficient (Wildman–Crippen LogP) is 6.84. The van der Waals surface area contributed by atoms with Gasteiger partial charge in [-0.25, -0.2) is 0 Å². The van der Waals surface area contributed by atoms with Crippen LogP contribution in [-0.4, -0.2) is 11.8 Å². The molecular formula is C28H34N2. The van der Waals surface area contributed by atoms with E-state index in [1.165, 1.54) is 39.0 Å². The van der Waals surface area contributed by atoms with Crippen molar-refractivity contribution in [2.24, 2.45) is 16.8 Å². The Balaban J connectivity index is 1.79. The van der Waals surface area contributed by atoms with Gasteiger partial charge in [0.05, 0.1) is 23.7 Å². The molecule has 2 aliphatic carbocycles. The third-order valence-electron chi connectivity index (χ3n) is 6.13. The Kier molecular flexibility index (Phi) is 5.69. The fraction of sp³-hybridized carbons (Fsp3) is 0.393. The maximum atomic E-state index is 5.06. The molecule has 1 aromatic rings. The van der Waals surface area contributed by atoms with Gasteiger partial charge in [-0.3, -0.25) is 4.99 Å². The van der Waals surface area contributed by atoms with Gasteiger partial charge in [0.15, 0.2) is 0 Å². The lowest BCUT2D eigenvalue weighted by atomic mass is 9.81. The van der Waals surface area contributed by atoms with E-state index in [1.807, 2.05) is 6.20 Å². The van der Waals surface area contributed by atoms with E-state index in [9.17, 15) is 0 Å². The molecule has 3 unspecified atom stereocenters. The van der Waals surface area contributed by atoms with Gasteiger partial charge in [0.2, 0.25) is 0 Å². The molecular weight excluding hydrogens is 364 g/mol. The topological polar surface area (TPSA) is 24.4 Å². The summed E-state index contributed by atoms with van der Waals surface area (Å²) in [5.74, 6) is 1.11. The van der Waals surface area contributed by atoms with Crippen LogP contribution in [0.3, 0.4) is 0 Å². The highest BCUT2D eigenvalue weighted by Gasteiger charge is 2.29. The summed E-state index contributed by atoms with van der Waals surface area (Å²) in [6.07, 6.45) is 13.7. The molecule has 0 radical (unpaired) electrons. The van der Waals surface area contributed by atoms with E-state index in [1.54, 1.807) is 0 Å². The van der Waals surface area contributed by atoms with Gasteiger partial charge < -0.3 is 5.32 Å². The first kappa shape index (κ1) is 20.7. The average molecular weight is 399 g/mol. The van der Waals surface area contributed by atoms with Crippen LogP contribution in [0.5, 0.6) is 0 Å². The van der Waals surface area contributed by atoms with Crippen LogP contribution in [-0.2, 0) is 0 Å². The number of aryl methyl sites for hydroxylation is 2. The fourth-order valence-corrected chi connectivity index (χ4v) is 5.15. The zero-order chi connectivity index (χ0) is 21.4. The van der Waals surface area contributed by atoms with Crippen molar-refractivity contribution in [3.63, 3.8) is 0 Å². The van der Waals surface area contributed by atoms with Gasteiger partial charge >= 0.3 is 0 Å². The third-order valence-corrected chi connectivity index (χ3v) is 6.13. The lowest BCUT2D eigenvalue weighted by molar-refractivity contribution is 0.652. The largest absolute Gasteiger partial charge is 0.371 e. The van der Waals surface area contributed by atoms with E-state index in [2.05, 4.69) is 89.4 Å². The van der Waals surface area contributed by atoms with Crippen molar-refractivity contribution in [1.82, 2.24) is 5.32 Å². The first-order chi connectivity index (χ1) is 14.3. The Morgan fingerprint density at radius 3 is 2.23 bits per heavy atom. The lowest BCUT2D eigenvalue weighted by Crippen LogP contribution is -2.41. The van der Waals surface area contributed by atoms with Crippen LogP contribution in [0, 0.1) is 25.7 Å². The maximum absolute atomic E-state index is 5.06. The predicted molar refractivity (Wildman–Crippen MR) is 129 cm³/mol. The SMILES string of the molecule is CC1=CC(C)CC(C2NC(c3cc(C)cc(C)c3)=CN=C2C2=CC(C)CC(C)=C2)=C1. The van der Waals surface area contributed by atoms with Crippen LogP contribution in [0.2, 0.25) is 0 Å². The van der Waals surface area contributed by atoms with Crippen molar-refractivity contribution in [1.29, 1.82) is 0 Å². The maximum Gasteiger partial charge on any atom is 0.0909 e. The summed E-state index contributed by atoms with van der Waals surface area (Å²) in [5, 5.41) is 3.88. The Hall–Kier alpha value is -2.61. The number of aliphatic imine (C=N–C) groups is 1. The Labute approximate surface area is 181 Å². The number of rotatable bonds is 3. The average Bonchev–Trinajstić information content (AvgIpc) is 2.65. The number of allylic oxidation sites excluding steroid dienone is 6. The highest BCUT2D eigenvalue weighted by Crippen LogP contribution is 2.32. The van der Waals surface area contributed by atoms with Crippen LogP contribution in [0.15, 0.2) is 76.0 Å². The van der Waals surface area contributed by atoms with Crippen molar-refractivity contribution >= 4 is 11.4 Å². The number of benzene rings is 1. The molecule has 0 saturated heterocycles. The standard InChI is InChI=1S/C28H34N2/c1-17-7-18(2)11-23(10-17)26-16-29-27(24-12-19(3)8-20(4)13-24)28(30-26)25-14-21(5)9-22(6)15-25/h7,9-14,16,19,22,28,30H,8,15H2,1-6H3. The van der Waals surface area contributed by atoms with Crippen molar-refractivity contribution in [3.05, 3.63) is 87.7 Å². The Morgan fingerprint density at radius 2 is 1.57 bits per heavy atom. The van der Waals surface area contributed by atoms with Crippen molar-refractivity contribution in [3.8, 4) is 0 Å². The molecule has 2 nitrogen and oxygen atoms in total. The lowest BCUT2D eigenvalue weighted by Gasteiger charge is -2.33. The zero-order valence-corrected chi connectivity index (χ0v) is 19.2. The molecule has 0 amide bonds. The second kappa shape index (κ2) is 8.26.